The molecule has 8 nitrogen and oxygen atoms in total. The Hall–Kier alpha value is -3.14. The Bertz CT molecular complexity index is 1000. The molecule has 0 aromatic heterocycles. The van der Waals surface area contributed by atoms with Crippen LogP contribution >= 0.6 is 11.8 Å². The first-order chi connectivity index (χ1) is 15.5. The van der Waals surface area contributed by atoms with E-state index in [4.69, 9.17) is 20.3 Å². The molecule has 0 spiro atoms. The Labute approximate surface area is 190 Å². The molecule has 32 heavy (non-hydrogen) atoms. The molecule has 2 aliphatic heterocycles. The van der Waals surface area contributed by atoms with Crippen LogP contribution < -0.4 is 0 Å². The van der Waals surface area contributed by atoms with Crippen LogP contribution in [0, 0.1) is 0 Å². The van der Waals surface area contributed by atoms with E-state index in [2.05, 4.69) is 58.3 Å². The number of hydrogen-bond acceptors (Lipinski definition) is 7. The van der Waals surface area contributed by atoms with Gasteiger partial charge in [-0.3, -0.25) is 4.90 Å². The average molecular weight is 456 g/mol. The van der Waals surface area contributed by atoms with Crippen LogP contribution in [0.1, 0.15) is 5.56 Å². The largest absolute Gasteiger partial charge is 0.478 e. The molecule has 0 unspecified atom stereocenters. The molecule has 1 fully saturated rings. The zero-order chi connectivity index (χ0) is 22.9. The van der Waals surface area contributed by atoms with Crippen molar-refractivity contribution in [1.82, 2.24) is 9.80 Å². The lowest BCUT2D eigenvalue weighted by Gasteiger charge is -2.36. The van der Waals surface area contributed by atoms with Crippen LogP contribution in [0.2, 0.25) is 0 Å². The maximum atomic E-state index is 9.55. The van der Waals surface area contributed by atoms with E-state index in [0.29, 0.717) is 12.2 Å². The number of hydrogen-bond donors (Lipinski definition) is 3. The van der Waals surface area contributed by atoms with Gasteiger partial charge >= 0.3 is 11.9 Å². The molecule has 0 aliphatic carbocycles. The summed E-state index contributed by atoms with van der Waals surface area (Å²) in [4.78, 5) is 31.3. The topological polar surface area (TPSA) is 114 Å². The Morgan fingerprint density at radius 1 is 0.906 bits per heavy atom. The van der Waals surface area contributed by atoms with Crippen molar-refractivity contribution in [3.05, 3.63) is 66.2 Å². The van der Waals surface area contributed by atoms with Gasteiger partial charge in [-0.2, -0.15) is 0 Å². The van der Waals surface area contributed by atoms with Gasteiger partial charge in [0.25, 0.3) is 0 Å². The third-order valence-corrected chi connectivity index (χ3v) is 6.04. The van der Waals surface area contributed by atoms with Gasteiger partial charge in [0.05, 0.1) is 12.3 Å². The van der Waals surface area contributed by atoms with Crippen molar-refractivity contribution in [1.29, 1.82) is 0 Å². The standard InChI is InChI=1S/C19H21N3OS.C4H4O4/c23-14-13-21-9-11-22(12-10-21)19-15-5-1-3-7-17(15)24-18-8-4-2-6-16(18)20-19;5-3(6)1-2-4(7)8/h1-8,23H,9-14H2;1-2H,(H,5,6)(H,7,8)/b;2-1+. The number of aliphatic hydroxyl groups excluding tert-OH is 1. The second kappa shape index (κ2) is 11.5. The highest BCUT2D eigenvalue weighted by atomic mass is 32.2. The summed E-state index contributed by atoms with van der Waals surface area (Å²) < 4.78 is 0. The first-order valence-corrected chi connectivity index (χ1v) is 11.0. The van der Waals surface area contributed by atoms with E-state index in [1.165, 1.54) is 15.4 Å². The number of nitrogens with zero attached hydrogens (tertiary/aromatic N) is 3. The molecule has 0 amide bonds. The minimum Gasteiger partial charge on any atom is -0.478 e. The smallest absolute Gasteiger partial charge is 0.328 e. The highest BCUT2D eigenvalue weighted by Gasteiger charge is 2.24. The number of aliphatic hydroxyl groups is 1. The molecule has 0 bridgehead atoms. The summed E-state index contributed by atoms with van der Waals surface area (Å²) in [5.74, 6) is -1.44. The highest BCUT2D eigenvalue weighted by Crippen LogP contribution is 2.40. The Kier molecular flexibility index (Phi) is 8.43. The SMILES string of the molecule is O=C(O)/C=C/C(=O)O.OCCN1CCN(C2=Nc3ccccc3Sc3ccccc32)CC1. The number of carboxylic acid groups (broad SMARTS) is 2. The van der Waals surface area contributed by atoms with Crippen molar-refractivity contribution in [3.8, 4) is 0 Å². The molecular formula is C23H25N3O5S. The van der Waals surface area contributed by atoms with Gasteiger partial charge in [-0.05, 0) is 18.2 Å². The van der Waals surface area contributed by atoms with Gasteiger partial charge in [0.2, 0.25) is 0 Å². The van der Waals surface area contributed by atoms with E-state index in [0.717, 1.165) is 44.2 Å². The van der Waals surface area contributed by atoms with E-state index in [1.54, 1.807) is 11.8 Å². The van der Waals surface area contributed by atoms with Crippen LogP contribution in [-0.4, -0.2) is 82.2 Å². The van der Waals surface area contributed by atoms with Crippen molar-refractivity contribution < 1.29 is 24.9 Å². The van der Waals surface area contributed by atoms with Gasteiger partial charge in [0, 0.05) is 60.2 Å². The normalized spacial score (nSPS) is 15.7. The van der Waals surface area contributed by atoms with Crippen LogP contribution in [0.25, 0.3) is 0 Å². The van der Waals surface area contributed by atoms with Crippen LogP contribution in [0.3, 0.4) is 0 Å². The van der Waals surface area contributed by atoms with Gasteiger partial charge in [-0.1, -0.05) is 42.1 Å². The minimum absolute atomic E-state index is 0.230. The summed E-state index contributed by atoms with van der Waals surface area (Å²) >= 11 is 1.80. The maximum absolute atomic E-state index is 9.55. The zero-order valence-electron chi connectivity index (χ0n) is 17.4. The van der Waals surface area contributed by atoms with Gasteiger partial charge in [-0.25, -0.2) is 14.6 Å². The van der Waals surface area contributed by atoms with E-state index in [1.807, 2.05) is 0 Å². The van der Waals surface area contributed by atoms with Gasteiger partial charge in [0.15, 0.2) is 0 Å². The molecule has 4 rings (SSSR count). The molecule has 0 atom stereocenters. The number of aliphatic imine (C=N–C) groups is 1. The summed E-state index contributed by atoms with van der Waals surface area (Å²) in [7, 11) is 0. The fourth-order valence-electron chi connectivity index (χ4n) is 3.38. The molecule has 2 aromatic carbocycles. The quantitative estimate of drug-likeness (QED) is 0.603. The van der Waals surface area contributed by atoms with Crippen molar-refractivity contribution in [3.63, 3.8) is 0 Å². The Morgan fingerprint density at radius 3 is 2.12 bits per heavy atom. The number of fused-ring (bicyclic) bond motifs is 2. The van der Waals surface area contributed by atoms with E-state index in [9.17, 15) is 9.59 Å². The molecular weight excluding hydrogens is 430 g/mol. The summed E-state index contributed by atoms with van der Waals surface area (Å²) in [6, 6.07) is 16.9. The number of para-hydroxylation sites is 1. The second-order valence-corrected chi connectivity index (χ2v) is 8.15. The number of aliphatic carboxylic acids is 2. The minimum atomic E-state index is -1.26. The molecule has 2 aliphatic rings. The first-order valence-electron chi connectivity index (χ1n) is 10.1. The zero-order valence-corrected chi connectivity index (χ0v) is 18.2. The van der Waals surface area contributed by atoms with Gasteiger partial charge in [0.1, 0.15) is 5.84 Å². The molecule has 2 heterocycles. The number of rotatable bonds is 4. The summed E-state index contributed by atoms with van der Waals surface area (Å²) in [6.45, 7) is 4.82. The molecule has 0 saturated carbocycles. The fourth-order valence-corrected chi connectivity index (χ4v) is 4.40. The fraction of sp³-hybridized carbons (Fsp3) is 0.261. The third kappa shape index (κ3) is 6.43. The monoisotopic (exact) mass is 455 g/mol. The van der Waals surface area contributed by atoms with Gasteiger partial charge < -0.3 is 20.2 Å². The molecule has 1 saturated heterocycles. The third-order valence-electron chi connectivity index (χ3n) is 4.90. The average Bonchev–Trinajstić information content (AvgIpc) is 2.96. The predicted octanol–water partition coefficient (Wildman–Crippen LogP) is 2.55. The number of benzene rings is 2. The van der Waals surface area contributed by atoms with Crippen LogP contribution in [0.5, 0.6) is 0 Å². The Balaban J connectivity index is 0.000000312. The predicted molar refractivity (Wildman–Crippen MR) is 123 cm³/mol. The first kappa shape index (κ1) is 23.5. The summed E-state index contributed by atoms with van der Waals surface area (Å²) in [5.41, 5.74) is 2.26. The molecule has 3 N–H and O–H groups in total. The molecule has 0 radical (unpaired) electrons. The van der Waals surface area contributed by atoms with Crippen LogP contribution in [-0.2, 0) is 9.59 Å². The number of carbonyl (C=O) groups is 2. The van der Waals surface area contributed by atoms with Crippen molar-refractivity contribution in [2.24, 2.45) is 4.99 Å². The number of piperazine rings is 1. The Morgan fingerprint density at radius 2 is 1.50 bits per heavy atom. The molecule has 2 aromatic rings. The van der Waals surface area contributed by atoms with Crippen molar-refractivity contribution in [2.45, 2.75) is 9.79 Å². The van der Waals surface area contributed by atoms with Crippen LogP contribution in [0.4, 0.5) is 5.69 Å². The summed E-state index contributed by atoms with van der Waals surface area (Å²) in [6.07, 6.45) is 1.12. The lowest BCUT2D eigenvalue weighted by molar-refractivity contribution is -0.134. The lowest BCUT2D eigenvalue weighted by Crippen LogP contribution is -2.49. The van der Waals surface area contributed by atoms with Crippen molar-refractivity contribution >= 4 is 35.2 Å². The lowest BCUT2D eigenvalue weighted by atomic mass is 10.1. The van der Waals surface area contributed by atoms with E-state index >= 15 is 0 Å². The number of β-amino-alcohol motifs (C(OH)–C–C–N with tert-alkyl or cyclic N) is 1. The van der Waals surface area contributed by atoms with Crippen LogP contribution in [0.15, 0.2) is 75.5 Å². The highest BCUT2D eigenvalue weighted by molar-refractivity contribution is 7.99. The number of amidine groups is 1. The van der Waals surface area contributed by atoms with E-state index < -0.39 is 11.9 Å². The maximum Gasteiger partial charge on any atom is 0.328 e. The molecule has 9 heteroatoms. The van der Waals surface area contributed by atoms with E-state index in [-0.39, 0.29) is 6.61 Å². The molecule has 168 valence electrons. The van der Waals surface area contributed by atoms with Crippen molar-refractivity contribution in [2.75, 3.05) is 39.3 Å². The number of carboxylic acids is 2. The van der Waals surface area contributed by atoms with Gasteiger partial charge in [-0.15, -0.1) is 0 Å². The summed E-state index contributed by atoms with van der Waals surface area (Å²) in [5, 5.41) is 24.8. The second-order valence-electron chi connectivity index (χ2n) is 7.06.